The Morgan fingerprint density at radius 1 is 1.20 bits per heavy atom. The summed E-state index contributed by atoms with van der Waals surface area (Å²) in [5.41, 5.74) is 0.983. The molecule has 0 saturated carbocycles. The number of nitrogens with one attached hydrogen (secondary N) is 2. The minimum atomic E-state index is -0.839. The van der Waals surface area contributed by atoms with Crippen molar-refractivity contribution in [3.63, 3.8) is 0 Å². The number of rotatable bonds is 8. The number of carbonyl (C=O) groups excluding carboxylic acids is 3. The summed E-state index contributed by atoms with van der Waals surface area (Å²) in [7, 11) is 0. The number of Topliss-reactive ketones (excluding diaryl/α,β-unsaturated/α-hetero) is 1. The van der Waals surface area contributed by atoms with Gasteiger partial charge in [0, 0.05) is 0 Å². The van der Waals surface area contributed by atoms with Crippen LogP contribution in [0, 0.1) is 0 Å². The maximum absolute atomic E-state index is 13.2. The zero-order chi connectivity index (χ0) is 21.7. The van der Waals surface area contributed by atoms with Crippen LogP contribution < -0.4 is 10.6 Å². The molecule has 1 saturated heterocycles. The van der Waals surface area contributed by atoms with E-state index in [1.165, 1.54) is 18.6 Å². The standard InChI is InChI=1S/C23H28N2O5/c1-4-19-20(18(26)14-30-19)25-22(28)17(24-21(27)15-10-11-29-13-15)12-23(2,3)16-8-6-5-7-9-16/h5-11,13,17,19-20H,4,12,14H2,1-3H3,(H,24,27)(H,25,28). The molecule has 3 unspecified atom stereocenters. The van der Waals surface area contributed by atoms with Crippen molar-refractivity contribution in [1.29, 1.82) is 0 Å². The number of carbonyl (C=O) groups is 3. The van der Waals surface area contributed by atoms with Crippen LogP contribution in [0.4, 0.5) is 0 Å². The average Bonchev–Trinajstić information content (AvgIpc) is 3.39. The zero-order valence-corrected chi connectivity index (χ0v) is 17.5. The molecule has 2 aromatic rings. The molecule has 2 amide bonds. The highest BCUT2D eigenvalue weighted by Crippen LogP contribution is 2.28. The summed E-state index contributed by atoms with van der Waals surface area (Å²) in [4.78, 5) is 38.0. The van der Waals surface area contributed by atoms with Crippen molar-refractivity contribution < 1.29 is 23.5 Å². The van der Waals surface area contributed by atoms with Crippen molar-refractivity contribution in [2.24, 2.45) is 0 Å². The van der Waals surface area contributed by atoms with Crippen LogP contribution in [0.1, 0.15) is 49.5 Å². The van der Waals surface area contributed by atoms with Gasteiger partial charge >= 0.3 is 0 Å². The minimum absolute atomic E-state index is 0.00892. The maximum atomic E-state index is 13.2. The van der Waals surface area contributed by atoms with Gasteiger partial charge in [-0.3, -0.25) is 14.4 Å². The fourth-order valence-electron chi connectivity index (χ4n) is 3.73. The number of hydrogen-bond acceptors (Lipinski definition) is 5. The van der Waals surface area contributed by atoms with E-state index in [1.807, 2.05) is 51.1 Å². The summed E-state index contributed by atoms with van der Waals surface area (Å²) in [5, 5.41) is 5.61. The summed E-state index contributed by atoms with van der Waals surface area (Å²) in [6.07, 6.45) is 3.34. The average molecular weight is 412 g/mol. The van der Waals surface area contributed by atoms with E-state index in [2.05, 4.69) is 10.6 Å². The number of hydrogen-bond donors (Lipinski definition) is 2. The number of amides is 2. The van der Waals surface area contributed by atoms with Gasteiger partial charge in [-0.25, -0.2) is 0 Å². The molecule has 1 aromatic carbocycles. The molecular weight excluding hydrogens is 384 g/mol. The highest BCUT2D eigenvalue weighted by atomic mass is 16.5. The lowest BCUT2D eigenvalue weighted by Gasteiger charge is -2.31. The Kier molecular flexibility index (Phi) is 6.72. The zero-order valence-electron chi connectivity index (χ0n) is 17.5. The largest absolute Gasteiger partial charge is 0.472 e. The molecule has 0 radical (unpaired) electrons. The van der Waals surface area contributed by atoms with Crippen molar-refractivity contribution in [1.82, 2.24) is 10.6 Å². The third-order valence-corrected chi connectivity index (χ3v) is 5.53. The second-order valence-electron chi connectivity index (χ2n) is 8.20. The molecule has 7 nitrogen and oxygen atoms in total. The SMILES string of the molecule is CCC1OCC(=O)C1NC(=O)C(CC(C)(C)c1ccccc1)NC(=O)c1ccoc1. The lowest BCUT2D eigenvalue weighted by atomic mass is 9.78. The van der Waals surface area contributed by atoms with Gasteiger partial charge in [0.1, 0.15) is 25.0 Å². The highest BCUT2D eigenvalue weighted by Gasteiger charge is 2.38. The number of furan rings is 1. The van der Waals surface area contributed by atoms with Gasteiger partial charge in [0.25, 0.3) is 5.91 Å². The van der Waals surface area contributed by atoms with Crippen molar-refractivity contribution in [2.45, 2.75) is 57.2 Å². The Labute approximate surface area is 176 Å². The summed E-state index contributed by atoms with van der Waals surface area (Å²) in [5.74, 6) is -0.968. The lowest BCUT2D eigenvalue weighted by molar-refractivity contribution is -0.128. The van der Waals surface area contributed by atoms with Gasteiger partial charge in [0.05, 0.1) is 17.9 Å². The van der Waals surface area contributed by atoms with E-state index in [4.69, 9.17) is 9.15 Å². The van der Waals surface area contributed by atoms with Crippen molar-refractivity contribution in [3.8, 4) is 0 Å². The molecule has 0 aliphatic carbocycles. The van der Waals surface area contributed by atoms with Crippen LogP contribution in [-0.2, 0) is 19.7 Å². The van der Waals surface area contributed by atoms with Gasteiger partial charge in [0.15, 0.2) is 5.78 Å². The predicted molar refractivity (Wildman–Crippen MR) is 111 cm³/mol. The van der Waals surface area contributed by atoms with Gasteiger partial charge in [-0.1, -0.05) is 51.1 Å². The fraction of sp³-hybridized carbons (Fsp3) is 0.435. The van der Waals surface area contributed by atoms with Gasteiger partial charge in [-0.05, 0) is 29.9 Å². The van der Waals surface area contributed by atoms with E-state index in [0.29, 0.717) is 18.4 Å². The molecule has 2 N–H and O–H groups in total. The van der Waals surface area contributed by atoms with Crippen molar-refractivity contribution >= 4 is 17.6 Å². The summed E-state index contributed by atoms with van der Waals surface area (Å²) < 4.78 is 10.4. The first-order valence-electron chi connectivity index (χ1n) is 10.1. The van der Waals surface area contributed by atoms with Gasteiger partial charge in [-0.15, -0.1) is 0 Å². The van der Waals surface area contributed by atoms with E-state index in [0.717, 1.165) is 5.56 Å². The Balaban J connectivity index is 1.80. The topological polar surface area (TPSA) is 97.6 Å². The summed E-state index contributed by atoms with van der Waals surface area (Å²) in [6.45, 7) is 5.93. The van der Waals surface area contributed by atoms with E-state index in [9.17, 15) is 14.4 Å². The van der Waals surface area contributed by atoms with Crippen LogP contribution in [0.5, 0.6) is 0 Å². The quantitative estimate of drug-likeness (QED) is 0.695. The van der Waals surface area contributed by atoms with E-state index in [1.54, 1.807) is 0 Å². The van der Waals surface area contributed by atoms with Gasteiger partial charge in [-0.2, -0.15) is 0 Å². The van der Waals surface area contributed by atoms with Crippen LogP contribution in [0.15, 0.2) is 53.3 Å². The molecule has 0 bridgehead atoms. The van der Waals surface area contributed by atoms with E-state index in [-0.39, 0.29) is 18.5 Å². The molecule has 0 spiro atoms. The third kappa shape index (κ3) is 4.97. The molecule has 1 aliphatic heterocycles. The molecule has 160 valence electrons. The van der Waals surface area contributed by atoms with Crippen LogP contribution in [-0.4, -0.2) is 42.4 Å². The van der Waals surface area contributed by atoms with Gasteiger partial charge < -0.3 is 19.8 Å². The predicted octanol–water partition coefficient (Wildman–Crippen LogP) is 2.61. The Hall–Kier alpha value is -2.93. The Bertz CT molecular complexity index is 876. The van der Waals surface area contributed by atoms with Crippen LogP contribution >= 0.6 is 0 Å². The first-order valence-corrected chi connectivity index (χ1v) is 10.1. The lowest BCUT2D eigenvalue weighted by Crippen LogP contribution is -2.54. The van der Waals surface area contributed by atoms with E-state index >= 15 is 0 Å². The molecule has 1 fully saturated rings. The molecule has 3 rings (SSSR count). The summed E-state index contributed by atoms with van der Waals surface area (Å²) >= 11 is 0. The van der Waals surface area contributed by atoms with Crippen LogP contribution in [0.3, 0.4) is 0 Å². The van der Waals surface area contributed by atoms with E-state index < -0.39 is 29.3 Å². The first kappa shape index (κ1) is 21.8. The molecular formula is C23H28N2O5. The smallest absolute Gasteiger partial charge is 0.255 e. The molecule has 7 heteroatoms. The van der Waals surface area contributed by atoms with Gasteiger partial charge in [0.2, 0.25) is 5.91 Å². The molecule has 1 aromatic heterocycles. The second kappa shape index (κ2) is 9.26. The van der Waals surface area contributed by atoms with Crippen molar-refractivity contribution in [3.05, 3.63) is 60.1 Å². The maximum Gasteiger partial charge on any atom is 0.255 e. The fourth-order valence-corrected chi connectivity index (χ4v) is 3.73. The first-order chi connectivity index (χ1) is 14.3. The van der Waals surface area contributed by atoms with Crippen molar-refractivity contribution in [2.75, 3.05) is 6.61 Å². The molecule has 2 heterocycles. The number of benzene rings is 1. The molecule has 3 atom stereocenters. The minimum Gasteiger partial charge on any atom is -0.472 e. The summed E-state index contributed by atoms with van der Waals surface area (Å²) in [6, 6.07) is 9.80. The number of ether oxygens (including phenoxy) is 1. The second-order valence-corrected chi connectivity index (χ2v) is 8.20. The Morgan fingerprint density at radius 2 is 1.93 bits per heavy atom. The normalized spacial score (nSPS) is 20.0. The third-order valence-electron chi connectivity index (χ3n) is 5.53. The Morgan fingerprint density at radius 3 is 2.57 bits per heavy atom. The highest BCUT2D eigenvalue weighted by molar-refractivity contribution is 5.98. The number of ketones is 1. The monoisotopic (exact) mass is 412 g/mol. The molecule has 30 heavy (non-hydrogen) atoms. The van der Waals surface area contributed by atoms with Crippen LogP contribution in [0.2, 0.25) is 0 Å². The molecule has 1 aliphatic rings. The van der Waals surface area contributed by atoms with Crippen LogP contribution in [0.25, 0.3) is 0 Å².